The second-order valence-corrected chi connectivity index (χ2v) is 2.79. The van der Waals surface area contributed by atoms with Gasteiger partial charge in [-0.3, -0.25) is 0 Å². The van der Waals surface area contributed by atoms with Gasteiger partial charge in [-0.2, -0.15) is 0 Å². The predicted molar refractivity (Wildman–Crippen MR) is 37.9 cm³/mol. The third-order valence-electron chi connectivity index (χ3n) is 1.78. The summed E-state index contributed by atoms with van der Waals surface area (Å²) < 4.78 is 0. The molecular formula is C7H12N2. The van der Waals surface area contributed by atoms with Gasteiger partial charge in [-0.1, -0.05) is 5.92 Å². The molecule has 1 aliphatic rings. The average molecular weight is 124 g/mol. The molecule has 9 heavy (non-hydrogen) atoms. The van der Waals surface area contributed by atoms with Crippen LogP contribution >= 0.6 is 0 Å². The first-order valence-corrected chi connectivity index (χ1v) is 3.11. The molecule has 0 aromatic heterocycles. The average Bonchev–Trinajstić information content (AvgIpc) is 2.13. The maximum absolute atomic E-state index is 5.77. The summed E-state index contributed by atoms with van der Waals surface area (Å²) >= 11 is 0. The maximum atomic E-state index is 5.77. The molecule has 0 amide bonds. The Bertz CT molecular complexity index is 147. The van der Waals surface area contributed by atoms with Gasteiger partial charge in [0.2, 0.25) is 0 Å². The van der Waals surface area contributed by atoms with E-state index >= 15 is 0 Å². The van der Waals surface area contributed by atoms with Crippen molar-refractivity contribution < 1.29 is 0 Å². The minimum absolute atomic E-state index is 0.339. The zero-order chi connectivity index (χ0) is 6.91. The van der Waals surface area contributed by atoms with Gasteiger partial charge in [0, 0.05) is 13.1 Å². The quantitative estimate of drug-likeness (QED) is 0.447. The third-order valence-corrected chi connectivity index (χ3v) is 1.78. The van der Waals surface area contributed by atoms with Gasteiger partial charge in [0.25, 0.3) is 0 Å². The number of rotatable bonds is 0. The van der Waals surface area contributed by atoms with Gasteiger partial charge >= 0.3 is 0 Å². The Morgan fingerprint density at radius 2 is 2.44 bits per heavy atom. The van der Waals surface area contributed by atoms with E-state index < -0.39 is 0 Å². The number of hydrogen-bond donors (Lipinski definition) is 1. The van der Waals surface area contributed by atoms with Crippen LogP contribution in [0.5, 0.6) is 0 Å². The van der Waals surface area contributed by atoms with E-state index in [2.05, 4.69) is 10.8 Å². The monoisotopic (exact) mass is 124 g/mol. The Morgan fingerprint density at radius 3 is 2.67 bits per heavy atom. The number of hydrogen-bond acceptors (Lipinski definition) is 2. The van der Waals surface area contributed by atoms with E-state index in [1.807, 2.05) is 7.05 Å². The summed E-state index contributed by atoms with van der Waals surface area (Å²) in [6.45, 7) is 1.87. The van der Waals surface area contributed by atoms with Crippen LogP contribution < -0.4 is 5.73 Å². The molecule has 1 aliphatic heterocycles. The fourth-order valence-electron chi connectivity index (χ4n) is 1.15. The maximum Gasteiger partial charge on any atom is 0.0913 e. The van der Waals surface area contributed by atoms with Crippen LogP contribution in [-0.4, -0.2) is 30.6 Å². The van der Waals surface area contributed by atoms with Crippen LogP contribution in [-0.2, 0) is 0 Å². The highest BCUT2D eigenvalue weighted by molar-refractivity contribution is 5.15. The standard InChI is InChI=1S/C7H12N2/c1-3-7(8)4-5-9(2)6-7/h1H,4-6,8H2,2H3/t7-/m0/s1. The topological polar surface area (TPSA) is 29.3 Å². The first kappa shape index (κ1) is 6.60. The smallest absolute Gasteiger partial charge is 0.0913 e. The minimum atomic E-state index is -0.339. The van der Waals surface area contributed by atoms with Crippen LogP contribution in [0.2, 0.25) is 0 Å². The normalized spacial score (nSPS) is 36.6. The van der Waals surface area contributed by atoms with Crippen LogP contribution in [0.25, 0.3) is 0 Å². The summed E-state index contributed by atoms with van der Waals surface area (Å²) in [6.07, 6.45) is 6.16. The van der Waals surface area contributed by atoms with E-state index in [0.29, 0.717) is 0 Å². The van der Waals surface area contributed by atoms with Crippen LogP contribution in [0.1, 0.15) is 6.42 Å². The number of nitrogens with two attached hydrogens (primary N) is 1. The lowest BCUT2D eigenvalue weighted by Gasteiger charge is -2.14. The van der Waals surface area contributed by atoms with E-state index in [0.717, 1.165) is 19.5 Å². The molecule has 0 spiro atoms. The van der Waals surface area contributed by atoms with Crippen molar-refractivity contribution in [3.8, 4) is 12.3 Å². The van der Waals surface area contributed by atoms with Crippen molar-refractivity contribution in [1.29, 1.82) is 0 Å². The molecule has 1 fully saturated rings. The number of likely N-dealkylation sites (N-methyl/N-ethyl adjacent to an activating group) is 1. The summed E-state index contributed by atoms with van der Waals surface area (Å²) in [5, 5.41) is 0. The Labute approximate surface area is 56.0 Å². The van der Waals surface area contributed by atoms with E-state index in [9.17, 15) is 0 Å². The van der Waals surface area contributed by atoms with Crippen LogP contribution in [0.15, 0.2) is 0 Å². The lowest BCUT2D eigenvalue weighted by atomic mass is 10.0. The van der Waals surface area contributed by atoms with Gasteiger partial charge in [-0.15, -0.1) is 6.42 Å². The molecule has 0 aromatic carbocycles. The zero-order valence-electron chi connectivity index (χ0n) is 5.72. The summed E-state index contributed by atoms with van der Waals surface area (Å²) in [6, 6.07) is 0. The fraction of sp³-hybridized carbons (Fsp3) is 0.714. The Balaban J connectivity index is 2.58. The zero-order valence-corrected chi connectivity index (χ0v) is 5.72. The van der Waals surface area contributed by atoms with Crippen molar-refractivity contribution in [2.24, 2.45) is 5.73 Å². The summed E-state index contributed by atoms with van der Waals surface area (Å²) in [7, 11) is 2.03. The third kappa shape index (κ3) is 1.24. The fourth-order valence-corrected chi connectivity index (χ4v) is 1.15. The lowest BCUT2D eigenvalue weighted by molar-refractivity contribution is 0.398. The molecule has 1 rings (SSSR count). The summed E-state index contributed by atoms with van der Waals surface area (Å²) in [4.78, 5) is 2.15. The van der Waals surface area contributed by atoms with Crippen molar-refractivity contribution in [1.82, 2.24) is 4.90 Å². The Hall–Kier alpha value is -0.520. The molecule has 1 atom stereocenters. The minimum Gasteiger partial charge on any atom is -0.314 e. The first-order chi connectivity index (χ1) is 4.16. The predicted octanol–water partition coefficient (Wildman–Crippen LogP) is -0.347. The molecule has 50 valence electrons. The van der Waals surface area contributed by atoms with E-state index in [4.69, 9.17) is 12.2 Å². The first-order valence-electron chi connectivity index (χ1n) is 3.11. The second kappa shape index (κ2) is 2.02. The van der Waals surface area contributed by atoms with E-state index in [1.54, 1.807) is 0 Å². The van der Waals surface area contributed by atoms with Crippen molar-refractivity contribution in [3.63, 3.8) is 0 Å². The number of likely N-dealkylation sites (tertiary alicyclic amines) is 1. The van der Waals surface area contributed by atoms with Crippen LogP contribution in [0, 0.1) is 12.3 Å². The number of nitrogens with zero attached hydrogens (tertiary/aromatic N) is 1. The van der Waals surface area contributed by atoms with Crippen LogP contribution in [0.4, 0.5) is 0 Å². The molecule has 0 bridgehead atoms. The summed E-state index contributed by atoms with van der Waals surface area (Å²) in [5.41, 5.74) is 5.43. The molecule has 0 saturated carbocycles. The molecule has 0 aliphatic carbocycles. The van der Waals surface area contributed by atoms with Gasteiger partial charge in [-0.25, -0.2) is 0 Å². The van der Waals surface area contributed by atoms with Crippen molar-refractivity contribution >= 4 is 0 Å². The van der Waals surface area contributed by atoms with Crippen molar-refractivity contribution in [2.45, 2.75) is 12.0 Å². The van der Waals surface area contributed by atoms with Gasteiger partial charge in [0.15, 0.2) is 0 Å². The largest absolute Gasteiger partial charge is 0.314 e. The number of terminal acetylenes is 1. The van der Waals surface area contributed by atoms with Crippen LogP contribution in [0.3, 0.4) is 0 Å². The molecular weight excluding hydrogens is 112 g/mol. The molecule has 0 aromatic rings. The van der Waals surface area contributed by atoms with Gasteiger partial charge in [0.1, 0.15) is 0 Å². The highest BCUT2D eigenvalue weighted by Gasteiger charge is 2.29. The second-order valence-electron chi connectivity index (χ2n) is 2.79. The highest BCUT2D eigenvalue weighted by Crippen LogP contribution is 2.14. The molecule has 0 unspecified atom stereocenters. The van der Waals surface area contributed by atoms with Gasteiger partial charge in [0.05, 0.1) is 5.54 Å². The van der Waals surface area contributed by atoms with E-state index in [1.165, 1.54) is 0 Å². The molecule has 2 nitrogen and oxygen atoms in total. The molecule has 1 heterocycles. The van der Waals surface area contributed by atoms with Gasteiger partial charge in [-0.05, 0) is 13.5 Å². The Morgan fingerprint density at radius 1 is 1.78 bits per heavy atom. The molecule has 2 heteroatoms. The van der Waals surface area contributed by atoms with Crippen molar-refractivity contribution in [3.05, 3.63) is 0 Å². The molecule has 2 N–H and O–H groups in total. The van der Waals surface area contributed by atoms with Crippen molar-refractivity contribution in [2.75, 3.05) is 20.1 Å². The summed E-state index contributed by atoms with van der Waals surface area (Å²) in [5.74, 6) is 2.61. The van der Waals surface area contributed by atoms with Gasteiger partial charge < -0.3 is 10.6 Å². The Kier molecular flexibility index (Phi) is 1.48. The molecule has 0 radical (unpaired) electrons. The molecule has 1 saturated heterocycles. The SMILES string of the molecule is C#C[C@]1(N)CCN(C)C1. The van der Waals surface area contributed by atoms with E-state index in [-0.39, 0.29) is 5.54 Å². The highest BCUT2D eigenvalue weighted by atomic mass is 15.2. The lowest BCUT2D eigenvalue weighted by Crippen LogP contribution is -2.40.